The van der Waals surface area contributed by atoms with E-state index in [0.717, 1.165) is 0 Å². The molecule has 0 saturated heterocycles. The van der Waals surface area contributed by atoms with E-state index in [1.54, 1.807) is 39.5 Å². The number of esters is 1. The van der Waals surface area contributed by atoms with Crippen molar-refractivity contribution in [3.63, 3.8) is 0 Å². The highest BCUT2D eigenvalue weighted by Gasteiger charge is 2.49. The van der Waals surface area contributed by atoms with Gasteiger partial charge >= 0.3 is 14.5 Å². The van der Waals surface area contributed by atoms with Gasteiger partial charge in [0.1, 0.15) is 5.73 Å². The summed E-state index contributed by atoms with van der Waals surface area (Å²) < 4.78 is 35.6. The van der Waals surface area contributed by atoms with E-state index in [4.69, 9.17) is 27.2 Å². The molecule has 194 valence electrons. The third-order valence-electron chi connectivity index (χ3n) is 4.68. The van der Waals surface area contributed by atoms with Crippen LogP contribution in [-0.4, -0.2) is 58.2 Å². The Labute approximate surface area is 209 Å². The predicted octanol–water partition coefficient (Wildman–Crippen LogP) is 6.00. The Morgan fingerprint density at radius 2 is 1.38 bits per heavy atom. The van der Waals surface area contributed by atoms with Gasteiger partial charge in [-0.05, 0) is 76.4 Å². The van der Waals surface area contributed by atoms with E-state index in [1.807, 2.05) is 6.55 Å². The Morgan fingerprint density at radius 1 is 0.853 bits per heavy atom. The lowest BCUT2D eigenvalue weighted by atomic mass is 10.1. The van der Waals surface area contributed by atoms with E-state index < -0.39 is 36.9 Å². The van der Waals surface area contributed by atoms with Crippen LogP contribution in [0.3, 0.4) is 0 Å². The van der Waals surface area contributed by atoms with Gasteiger partial charge in [-0.1, -0.05) is 13.8 Å². The monoisotopic (exact) mass is 528 g/mol. The quantitative estimate of drug-likeness (QED) is 0.177. The molecule has 34 heavy (non-hydrogen) atoms. The number of rotatable bonds is 13. The van der Waals surface area contributed by atoms with Crippen molar-refractivity contribution in [2.45, 2.75) is 71.8 Å². The highest BCUT2D eigenvalue weighted by Crippen LogP contribution is 2.40. The summed E-state index contributed by atoms with van der Waals surface area (Å²) in [5.74, 6) is 1.36. The zero-order chi connectivity index (χ0) is 26.3. The largest absolute Gasteiger partial charge is 0.493 e. The van der Waals surface area contributed by atoms with Gasteiger partial charge in [-0.2, -0.15) is 0 Å². The smallest absolute Gasteiger partial charge is 0.356 e. The molecule has 0 spiro atoms. The molecule has 0 aliphatic heterocycles. The molecular weight excluding hydrogens is 485 g/mol. The van der Waals surface area contributed by atoms with Gasteiger partial charge in [0.25, 0.3) is 0 Å². The van der Waals surface area contributed by atoms with Crippen molar-refractivity contribution < 1.29 is 32.0 Å². The molecule has 0 aliphatic rings. The van der Waals surface area contributed by atoms with Gasteiger partial charge in [0.05, 0.1) is 21.3 Å². The van der Waals surface area contributed by atoms with Gasteiger partial charge in [0, 0.05) is 11.6 Å². The molecule has 0 radical (unpaired) electrons. The SMILES string of the molecule is COc1ccc(/C=C/C(=O)OC(CC(C)C)[Si](C)(O[Si](C)(C)C)O[Si](C)(C)C)c(OC)c1OC. The second-order valence-electron chi connectivity index (χ2n) is 10.8. The highest BCUT2D eigenvalue weighted by molar-refractivity contribution is 6.88. The summed E-state index contributed by atoms with van der Waals surface area (Å²) in [5.41, 5.74) is 0.254. The average Bonchev–Trinajstić information content (AvgIpc) is 2.67. The van der Waals surface area contributed by atoms with Crippen molar-refractivity contribution >= 4 is 37.2 Å². The molecule has 0 N–H and O–H groups in total. The van der Waals surface area contributed by atoms with Gasteiger partial charge in [-0.15, -0.1) is 0 Å². The van der Waals surface area contributed by atoms with Gasteiger partial charge in [-0.3, -0.25) is 0 Å². The van der Waals surface area contributed by atoms with Crippen LogP contribution in [0.2, 0.25) is 45.8 Å². The first-order valence-corrected chi connectivity index (χ1v) is 20.8. The molecule has 1 aromatic rings. The Hall–Kier alpha value is -1.60. The minimum Gasteiger partial charge on any atom is -0.493 e. The number of methoxy groups -OCH3 is 3. The van der Waals surface area contributed by atoms with Crippen molar-refractivity contribution in [3.05, 3.63) is 23.8 Å². The van der Waals surface area contributed by atoms with Crippen molar-refractivity contribution in [1.29, 1.82) is 0 Å². The number of benzene rings is 1. The van der Waals surface area contributed by atoms with Crippen LogP contribution in [0.25, 0.3) is 6.08 Å². The summed E-state index contributed by atoms with van der Waals surface area (Å²) in [5, 5.41) is 0. The number of carbonyl (C=O) groups excluding carboxylic acids is 1. The first-order valence-electron chi connectivity index (χ1n) is 11.6. The van der Waals surface area contributed by atoms with Crippen molar-refractivity contribution in [2.75, 3.05) is 21.3 Å². The van der Waals surface area contributed by atoms with Crippen LogP contribution < -0.4 is 14.2 Å². The molecule has 7 nitrogen and oxygen atoms in total. The number of carbonyl (C=O) groups is 1. The molecule has 1 aromatic carbocycles. The first kappa shape index (κ1) is 30.4. The van der Waals surface area contributed by atoms with E-state index >= 15 is 0 Å². The van der Waals surface area contributed by atoms with E-state index in [0.29, 0.717) is 35.2 Å². The molecule has 1 atom stereocenters. The second kappa shape index (κ2) is 12.4. The Kier molecular flexibility index (Phi) is 11.1. The first-order chi connectivity index (χ1) is 15.5. The molecule has 0 amide bonds. The Morgan fingerprint density at radius 3 is 1.79 bits per heavy atom. The highest BCUT2D eigenvalue weighted by atomic mass is 28.5. The fraction of sp³-hybridized carbons (Fsp3) is 0.625. The number of ether oxygens (including phenoxy) is 4. The average molecular weight is 529 g/mol. The lowest BCUT2D eigenvalue weighted by molar-refractivity contribution is -0.141. The Balaban J connectivity index is 3.28. The van der Waals surface area contributed by atoms with Gasteiger partial charge in [-0.25, -0.2) is 4.79 Å². The van der Waals surface area contributed by atoms with E-state index in [2.05, 4.69) is 53.1 Å². The van der Waals surface area contributed by atoms with Crippen molar-refractivity contribution in [2.24, 2.45) is 5.92 Å². The zero-order valence-corrected chi connectivity index (χ0v) is 26.0. The van der Waals surface area contributed by atoms with E-state index in [-0.39, 0.29) is 0 Å². The summed E-state index contributed by atoms with van der Waals surface area (Å²) in [6, 6.07) is 3.57. The summed E-state index contributed by atoms with van der Waals surface area (Å²) in [4.78, 5) is 13.0. The minimum atomic E-state index is -2.84. The fourth-order valence-corrected chi connectivity index (χ4v) is 16.3. The minimum absolute atomic E-state index is 0.315. The predicted molar refractivity (Wildman–Crippen MR) is 145 cm³/mol. The normalized spacial score (nSPS) is 13.8. The molecule has 0 aliphatic carbocycles. The van der Waals surface area contributed by atoms with E-state index in [9.17, 15) is 4.79 Å². The summed E-state index contributed by atoms with van der Waals surface area (Å²) >= 11 is 0. The molecule has 0 bridgehead atoms. The third kappa shape index (κ3) is 9.57. The lowest BCUT2D eigenvalue weighted by Crippen LogP contribution is -2.61. The van der Waals surface area contributed by atoms with Crippen LogP contribution in [0.4, 0.5) is 0 Å². The molecule has 1 unspecified atom stereocenters. The Bertz CT molecular complexity index is 826. The van der Waals surface area contributed by atoms with Crippen LogP contribution in [0.15, 0.2) is 18.2 Å². The fourth-order valence-electron chi connectivity index (χ4n) is 3.76. The maximum Gasteiger partial charge on any atom is 0.356 e. The third-order valence-corrected chi connectivity index (χ3v) is 14.3. The van der Waals surface area contributed by atoms with Gasteiger partial charge in [0.15, 0.2) is 28.1 Å². The molecular formula is C24H44O7Si3. The maximum atomic E-state index is 13.0. The molecule has 0 heterocycles. The van der Waals surface area contributed by atoms with Crippen LogP contribution >= 0.6 is 0 Å². The topological polar surface area (TPSA) is 72.5 Å². The van der Waals surface area contributed by atoms with Crippen LogP contribution in [0.5, 0.6) is 17.2 Å². The van der Waals surface area contributed by atoms with E-state index in [1.165, 1.54) is 6.08 Å². The van der Waals surface area contributed by atoms with Crippen LogP contribution in [0.1, 0.15) is 25.8 Å². The zero-order valence-electron chi connectivity index (χ0n) is 23.0. The standard InChI is InChI=1S/C24H44O7Si3/c1-18(2)17-22(34(12,30-32(6,7)8)31-33(9,10)11)29-21(25)16-14-19-13-15-20(26-3)24(28-5)23(19)27-4/h13-16,18,22H,17H2,1-12H3/b16-14+. The number of hydrogen-bond acceptors (Lipinski definition) is 7. The lowest BCUT2D eigenvalue weighted by Gasteiger charge is -2.42. The molecule has 1 rings (SSSR count). The molecule has 10 heteroatoms. The summed E-state index contributed by atoms with van der Waals surface area (Å²) in [6.45, 7) is 19.1. The van der Waals surface area contributed by atoms with Crippen LogP contribution in [-0.2, 0) is 17.8 Å². The molecule has 0 saturated carbocycles. The summed E-state index contributed by atoms with van der Waals surface area (Å²) in [6.07, 6.45) is 3.75. The molecule has 0 aromatic heterocycles. The molecule has 0 fully saturated rings. The van der Waals surface area contributed by atoms with Crippen molar-refractivity contribution in [3.8, 4) is 17.2 Å². The second-order valence-corrected chi connectivity index (χ2v) is 23.5. The maximum absolute atomic E-state index is 13.0. The van der Waals surface area contributed by atoms with Gasteiger partial charge < -0.3 is 27.2 Å². The van der Waals surface area contributed by atoms with Crippen molar-refractivity contribution in [1.82, 2.24) is 0 Å². The number of hydrogen-bond donors (Lipinski definition) is 0. The summed E-state index contributed by atoms with van der Waals surface area (Å²) in [7, 11) is -2.10. The van der Waals surface area contributed by atoms with Crippen LogP contribution in [0, 0.1) is 5.92 Å². The van der Waals surface area contributed by atoms with Gasteiger partial charge in [0.2, 0.25) is 5.75 Å².